The van der Waals surface area contributed by atoms with Crippen LogP contribution in [0.2, 0.25) is 0 Å². The lowest BCUT2D eigenvalue weighted by Crippen LogP contribution is -1.95. The van der Waals surface area contributed by atoms with E-state index < -0.39 is 0 Å². The van der Waals surface area contributed by atoms with Gasteiger partial charge in [0.05, 0.1) is 32.6 Å². The normalized spacial score (nSPS) is 11.9. The van der Waals surface area contributed by atoms with E-state index in [2.05, 4.69) is 205 Å². The molecule has 61 heavy (non-hydrogen) atoms. The Morgan fingerprint density at radius 3 is 1.82 bits per heavy atom. The van der Waals surface area contributed by atoms with Crippen molar-refractivity contribution in [3.63, 3.8) is 0 Å². The second-order valence-electron chi connectivity index (χ2n) is 15.7. The Balaban J connectivity index is 1.03. The van der Waals surface area contributed by atoms with Crippen molar-refractivity contribution in [1.29, 1.82) is 0 Å². The number of hydrogen-bond acceptors (Lipinski definition) is 4. The van der Waals surface area contributed by atoms with Crippen molar-refractivity contribution >= 4 is 95.7 Å². The fourth-order valence-corrected chi connectivity index (χ4v) is 11.7. The van der Waals surface area contributed by atoms with Crippen LogP contribution >= 0.6 is 22.7 Å². The van der Waals surface area contributed by atoms with Crippen LogP contribution in [0.3, 0.4) is 0 Å². The standard InChI is InChI=1S/C56H33N3S2/c1-3-13-34(14-4-1)35-23-25-37(26-24-35)56-57-52(36-15-5-2-6-16-36)55-53(58-56)45-32-40(27-30-50(45)61-55)41-28-29-47(51-43-20-10-12-22-49(43)60-54(41)51)59-46-21-11-9-19-42(46)44-31-38-17-7-8-18-39(38)33-48(44)59/h1-33H. The zero-order valence-electron chi connectivity index (χ0n) is 32.7. The Bertz CT molecular complexity index is 3860. The molecule has 0 radical (unpaired) electrons. The third kappa shape index (κ3) is 5.41. The molecule has 0 saturated heterocycles. The summed E-state index contributed by atoms with van der Waals surface area (Å²) < 4.78 is 7.35. The van der Waals surface area contributed by atoms with Crippen molar-refractivity contribution in [2.45, 2.75) is 0 Å². The lowest BCUT2D eigenvalue weighted by molar-refractivity contribution is 1.20. The Kier molecular flexibility index (Phi) is 7.65. The first-order valence-corrected chi connectivity index (χ1v) is 22.2. The molecule has 3 nitrogen and oxygen atoms in total. The molecule has 0 N–H and O–H groups in total. The quantitative estimate of drug-likeness (QED) is 0.173. The van der Waals surface area contributed by atoms with Crippen molar-refractivity contribution in [2.75, 3.05) is 0 Å². The van der Waals surface area contributed by atoms with Gasteiger partial charge in [-0.15, -0.1) is 22.7 Å². The number of fused-ring (bicyclic) bond motifs is 10. The molecule has 0 aliphatic carbocycles. The van der Waals surface area contributed by atoms with Gasteiger partial charge in [0.2, 0.25) is 0 Å². The summed E-state index contributed by atoms with van der Waals surface area (Å²) in [5, 5.41) is 8.72. The highest BCUT2D eigenvalue weighted by atomic mass is 32.1. The maximum Gasteiger partial charge on any atom is 0.160 e. The molecule has 0 atom stereocenters. The molecular weight excluding hydrogens is 779 g/mol. The van der Waals surface area contributed by atoms with E-state index in [1.807, 2.05) is 11.3 Å². The summed E-state index contributed by atoms with van der Waals surface area (Å²) in [6.07, 6.45) is 0. The summed E-state index contributed by atoms with van der Waals surface area (Å²) in [6, 6.07) is 72.5. The molecule has 0 aliphatic heterocycles. The van der Waals surface area contributed by atoms with E-state index in [0.29, 0.717) is 0 Å². The van der Waals surface area contributed by atoms with Gasteiger partial charge in [-0.2, -0.15) is 0 Å². The number of benzene rings is 9. The molecule has 13 aromatic rings. The van der Waals surface area contributed by atoms with Gasteiger partial charge in [0.15, 0.2) is 5.82 Å². The maximum atomic E-state index is 5.38. The number of thiophene rings is 2. The van der Waals surface area contributed by atoms with E-state index in [9.17, 15) is 0 Å². The molecule has 9 aromatic carbocycles. The van der Waals surface area contributed by atoms with Gasteiger partial charge in [0, 0.05) is 52.2 Å². The molecule has 5 heteroatoms. The maximum absolute atomic E-state index is 5.38. The third-order valence-corrected chi connectivity index (χ3v) is 14.6. The summed E-state index contributed by atoms with van der Waals surface area (Å²) in [6.45, 7) is 0. The van der Waals surface area contributed by atoms with Crippen molar-refractivity contribution < 1.29 is 0 Å². The lowest BCUT2D eigenvalue weighted by Gasteiger charge is -2.13. The molecule has 284 valence electrons. The second kappa shape index (κ2) is 13.5. The van der Waals surface area contributed by atoms with Crippen LogP contribution in [0.4, 0.5) is 0 Å². The minimum absolute atomic E-state index is 0.728. The van der Waals surface area contributed by atoms with Crippen LogP contribution in [-0.2, 0) is 0 Å². The predicted octanol–water partition coefficient (Wildman–Crippen LogP) is 16.1. The summed E-state index contributed by atoms with van der Waals surface area (Å²) in [5.41, 5.74) is 12.4. The van der Waals surface area contributed by atoms with Gasteiger partial charge in [-0.1, -0.05) is 158 Å². The molecule has 0 saturated carbocycles. The minimum Gasteiger partial charge on any atom is -0.309 e. The molecule has 0 bridgehead atoms. The van der Waals surface area contributed by atoms with Crippen molar-refractivity contribution in [2.24, 2.45) is 0 Å². The van der Waals surface area contributed by atoms with Crippen molar-refractivity contribution in [3.8, 4) is 50.6 Å². The molecule has 0 aliphatic rings. The largest absolute Gasteiger partial charge is 0.309 e. The highest BCUT2D eigenvalue weighted by Crippen LogP contribution is 2.47. The molecule has 0 fully saturated rings. The van der Waals surface area contributed by atoms with E-state index in [4.69, 9.17) is 9.97 Å². The summed E-state index contributed by atoms with van der Waals surface area (Å²) in [5.74, 6) is 0.728. The number of hydrogen-bond donors (Lipinski definition) is 0. The molecule has 4 aromatic heterocycles. The van der Waals surface area contributed by atoms with Crippen LogP contribution < -0.4 is 0 Å². The molecule has 0 unspecified atom stereocenters. The van der Waals surface area contributed by atoms with E-state index in [1.54, 1.807) is 11.3 Å². The fourth-order valence-electron chi connectivity index (χ4n) is 9.31. The number of aromatic nitrogens is 3. The summed E-state index contributed by atoms with van der Waals surface area (Å²) >= 11 is 3.66. The van der Waals surface area contributed by atoms with Crippen molar-refractivity contribution in [3.05, 3.63) is 200 Å². The van der Waals surface area contributed by atoms with Gasteiger partial charge in [-0.05, 0) is 75.5 Å². The first kappa shape index (κ1) is 34.4. The lowest BCUT2D eigenvalue weighted by atomic mass is 9.99. The Morgan fingerprint density at radius 2 is 1.00 bits per heavy atom. The number of rotatable bonds is 5. The zero-order valence-corrected chi connectivity index (χ0v) is 34.3. The first-order valence-electron chi connectivity index (χ1n) is 20.6. The minimum atomic E-state index is 0.728. The van der Waals surface area contributed by atoms with Gasteiger partial charge in [0.25, 0.3) is 0 Å². The average Bonchev–Trinajstić information content (AvgIpc) is 4.00. The van der Waals surface area contributed by atoms with Crippen LogP contribution in [-0.4, -0.2) is 14.5 Å². The molecular formula is C56H33N3S2. The summed E-state index contributed by atoms with van der Waals surface area (Å²) in [4.78, 5) is 10.7. The first-order chi connectivity index (χ1) is 30.2. The zero-order chi connectivity index (χ0) is 40.0. The van der Waals surface area contributed by atoms with E-state index in [1.165, 1.54) is 85.4 Å². The second-order valence-corrected chi connectivity index (χ2v) is 17.8. The highest BCUT2D eigenvalue weighted by molar-refractivity contribution is 7.26. The molecule has 4 heterocycles. The summed E-state index contributed by atoms with van der Waals surface area (Å²) in [7, 11) is 0. The van der Waals surface area contributed by atoms with Gasteiger partial charge in [-0.25, -0.2) is 9.97 Å². The SMILES string of the molecule is c1ccc(-c2ccc(-c3nc(-c4ccccc4)c4sc5ccc(-c6ccc(-n7c8ccccc8c8cc9ccccc9cc87)c7c6sc6ccccc67)cc5c4n3)cc2)cc1. The van der Waals surface area contributed by atoms with Crippen LogP contribution in [0.5, 0.6) is 0 Å². The number of para-hydroxylation sites is 1. The van der Waals surface area contributed by atoms with Crippen molar-refractivity contribution in [1.82, 2.24) is 14.5 Å². The van der Waals surface area contributed by atoms with Gasteiger partial charge in [-0.3, -0.25) is 0 Å². The van der Waals surface area contributed by atoms with E-state index in [-0.39, 0.29) is 0 Å². The van der Waals surface area contributed by atoms with Crippen LogP contribution in [0.1, 0.15) is 0 Å². The monoisotopic (exact) mass is 811 g/mol. The van der Waals surface area contributed by atoms with Crippen LogP contribution in [0, 0.1) is 0 Å². The smallest absolute Gasteiger partial charge is 0.160 e. The Morgan fingerprint density at radius 1 is 0.377 bits per heavy atom. The van der Waals surface area contributed by atoms with Crippen LogP contribution in [0.25, 0.3) is 124 Å². The Labute approximate surface area is 359 Å². The predicted molar refractivity (Wildman–Crippen MR) is 261 cm³/mol. The fraction of sp³-hybridized carbons (Fsp3) is 0. The molecule has 13 rings (SSSR count). The van der Waals surface area contributed by atoms with Gasteiger partial charge in [0.1, 0.15) is 0 Å². The number of nitrogens with zero attached hydrogens (tertiary/aromatic N) is 3. The third-order valence-electron chi connectivity index (χ3n) is 12.2. The highest BCUT2D eigenvalue weighted by Gasteiger charge is 2.22. The van der Waals surface area contributed by atoms with Gasteiger partial charge < -0.3 is 4.57 Å². The Hall–Kier alpha value is -7.44. The molecule has 0 spiro atoms. The van der Waals surface area contributed by atoms with E-state index in [0.717, 1.165) is 38.2 Å². The van der Waals surface area contributed by atoms with E-state index >= 15 is 0 Å². The van der Waals surface area contributed by atoms with Crippen LogP contribution in [0.15, 0.2) is 200 Å². The molecule has 0 amide bonds. The van der Waals surface area contributed by atoms with Gasteiger partial charge >= 0.3 is 0 Å². The topological polar surface area (TPSA) is 30.7 Å². The average molecular weight is 812 g/mol.